The molecule has 21 heavy (non-hydrogen) atoms. The van der Waals surface area contributed by atoms with Crippen LogP contribution in [0.1, 0.15) is 48.7 Å². The second kappa shape index (κ2) is 9.61. The minimum absolute atomic E-state index is 0. The van der Waals surface area contributed by atoms with Crippen molar-refractivity contribution in [1.82, 2.24) is 15.6 Å². The average molecular weight is 422 g/mol. The molecule has 0 fully saturated rings. The molecule has 1 aliphatic rings. The standard InChI is InChI=1S/C15H26N4S.HI/c1-11(2)18-15(16-3)17-10-6-9-14-19-12-7-4-5-8-13(12)20-14;/h11H,4-10H2,1-3H3,(H2,16,17,18);1H. The number of aliphatic imine (C=N–C) groups is 1. The van der Waals surface area contributed by atoms with Crippen LogP contribution in [0.5, 0.6) is 0 Å². The van der Waals surface area contributed by atoms with Gasteiger partial charge in [0.2, 0.25) is 0 Å². The summed E-state index contributed by atoms with van der Waals surface area (Å²) in [5, 5.41) is 7.95. The molecule has 0 atom stereocenters. The largest absolute Gasteiger partial charge is 0.356 e. The number of nitrogens with one attached hydrogen (secondary N) is 2. The highest BCUT2D eigenvalue weighted by molar-refractivity contribution is 14.0. The molecule has 1 aliphatic carbocycles. The molecule has 0 spiro atoms. The molecule has 0 saturated heterocycles. The van der Waals surface area contributed by atoms with E-state index in [-0.39, 0.29) is 24.0 Å². The SMILES string of the molecule is CN=C(NCCCc1nc2c(s1)CCCC2)NC(C)C.I. The summed E-state index contributed by atoms with van der Waals surface area (Å²) in [7, 11) is 1.81. The Hall–Kier alpha value is -0.370. The molecule has 0 amide bonds. The molecule has 0 aromatic carbocycles. The van der Waals surface area contributed by atoms with Gasteiger partial charge in [0, 0.05) is 30.9 Å². The van der Waals surface area contributed by atoms with Crippen LogP contribution in [0.2, 0.25) is 0 Å². The van der Waals surface area contributed by atoms with E-state index < -0.39 is 0 Å². The normalized spacial score (nSPS) is 14.6. The lowest BCUT2D eigenvalue weighted by Gasteiger charge is -2.13. The number of hydrogen-bond acceptors (Lipinski definition) is 3. The van der Waals surface area contributed by atoms with Crippen LogP contribution in [-0.2, 0) is 19.3 Å². The van der Waals surface area contributed by atoms with Crippen molar-refractivity contribution in [2.24, 2.45) is 4.99 Å². The first-order chi connectivity index (χ1) is 9.69. The van der Waals surface area contributed by atoms with E-state index in [2.05, 4.69) is 29.5 Å². The number of guanidine groups is 1. The fraction of sp³-hybridized carbons (Fsp3) is 0.733. The molecule has 4 nitrogen and oxygen atoms in total. The van der Waals surface area contributed by atoms with E-state index in [1.54, 1.807) is 0 Å². The first-order valence-electron chi connectivity index (χ1n) is 7.63. The van der Waals surface area contributed by atoms with E-state index in [9.17, 15) is 0 Å². The molecule has 1 heterocycles. The third-order valence-electron chi connectivity index (χ3n) is 3.40. The molecule has 2 N–H and O–H groups in total. The number of hydrogen-bond donors (Lipinski definition) is 2. The quantitative estimate of drug-likeness (QED) is 0.332. The number of halogens is 1. The molecule has 2 rings (SSSR count). The first kappa shape index (κ1) is 18.7. The van der Waals surface area contributed by atoms with Gasteiger partial charge in [-0.2, -0.15) is 0 Å². The molecule has 6 heteroatoms. The molecule has 0 aliphatic heterocycles. The maximum atomic E-state index is 4.78. The van der Waals surface area contributed by atoms with Gasteiger partial charge in [-0.05, 0) is 46.0 Å². The Morgan fingerprint density at radius 3 is 2.76 bits per heavy atom. The van der Waals surface area contributed by atoms with Crippen molar-refractivity contribution >= 4 is 41.3 Å². The smallest absolute Gasteiger partial charge is 0.191 e. The van der Waals surface area contributed by atoms with Gasteiger partial charge < -0.3 is 10.6 Å². The summed E-state index contributed by atoms with van der Waals surface area (Å²) in [5.74, 6) is 0.887. The molecule has 120 valence electrons. The van der Waals surface area contributed by atoms with Gasteiger partial charge in [-0.1, -0.05) is 0 Å². The minimum atomic E-state index is 0. The van der Waals surface area contributed by atoms with E-state index in [0.717, 1.165) is 25.3 Å². The van der Waals surface area contributed by atoms with Gasteiger partial charge in [0.1, 0.15) is 0 Å². The van der Waals surface area contributed by atoms with E-state index in [4.69, 9.17) is 4.98 Å². The molecule has 0 radical (unpaired) electrons. The van der Waals surface area contributed by atoms with Crippen molar-refractivity contribution in [3.63, 3.8) is 0 Å². The molecule has 1 aromatic heterocycles. The Bertz CT molecular complexity index is 433. The zero-order valence-electron chi connectivity index (χ0n) is 13.2. The van der Waals surface area contributed by atoms with Crippen LogP contribution in [-0.4, -0.2) is 30.6 Å². The molecule has 0 unspecified atom stereocenters. The molecular formula is C15H27IN4S. The number of aryl methyl sites for hydroxylation is 3. The van der Waals surface area contributed by atoms with Crippen LogP contribution in [0.3, 0.4) is 0 Å². The fourth-order valence-electron chi connectivity index (χ4n) is 2.43. The summed E-state index contributed by atoms with van der Waals surface area (Å²) in [5.41, 5.74) is 1.38. The zero-order chi connectivity index (χ0) is 14.4. The molecule has 0 bridgehead atoms. The van der Waals surface area contributed by atoms with Crippen molar-refractivity contribution in [1.29, 1.82) is 0 Å². The Kier molecular flexibility index (Phi) is 8.55. The zero-order valence-corrected chi connectivity index (χ0v) is 16.4. The van der Waals surface area contributed by atoms with Crippen LogP contribution < -0.4 is 10.6 Å². The summed E-state index contributed by atoms with van der Waals surface area (Å²) < 4.78 is 0. The maximum Gasteiger partial charge on any atom is 0.191 e. The van der Waals surface area contributed by atoms with Crippen molar-refractivity contribution in [3.05, 3.63) is 15.6 Å². The highest BCUT2D eigenvalue weighted by atomic mass is 127. The predicted octanol–water partition coefficient (Wildman–Crippen LogP) is 3.15. The third-order valence-corrected chi connectivity index (χ3v) is 4.62. The van der Waals surface area contributed by atoms with Gasteiger partial charge in [-0.3, -0.25) is 4.99 Å². The van der Waals surface area contributed by atoms with Gasteiger partial charge in [0.25, 0.3) is 0 Å². The van der Waals surface area contributed by atoms with Crippen molar-refractivity contribution < 1.29 is 0 Å². The lowest BCUT2D eigenvalue weighted by Crippen LogP contribution is -2.41. The topological polar surface area (TPSA) is 49.3 Å². The summed E-state index contributed by atoms with van der Waals surface area (Å²) in [6.45, 7) is 5.18. The average Bonchev–Trinajstić information content (AvgIpc) is 2.84. The van der Waals surface area contributed by atoms with Crippen molar-refractivity contribution in [3.8, 4) is 0 Å². The highest BCUT2D eigenvalue weighted by Crippen LogP contribution is 2.27. The van der Waals surface area contributed by atoms with Gasteiger partial charge in [-0.15, -0.1) is 35.3 Å². The van der Waals surface area contributed by atoms with Crippen LogP contribution in [0.25, 0.3) is 0 Å². The summed E-state index contributed by atoms with van der Waals surface area (Å²) in [6.07, 6.45) is 7.27. The number of fused-ring (bicyclic) bond motifs is 1. The molecular weight excluding hydrogens is 395 g/mol. The Labute approximate surface area is 149 Å². The highest BCUT2D eigenvalue weighted by Gasteiger charge is 2.14. The fourth-order valence-corrected chi connectivity index (χ4v) is 3.63. The summed E-state index contributed by atoms with van der Waals surface area (Å²) >= 11 is 1.93. The van der Waals surface area contributed by atoms with Crippen LogP contribution in [0.4, 0.5) is 0 Å². The second-order valence-electron chi connectivity index (χ2n) is 5.59. The van der Waals surface area contributed by atoms with Gasteiger partial charge in [-0.25, -0.2) is 4.98 Å². The molecule has 0 saturated carbocycles. The monoisotopic (exact) mass is 422 g/mol. The van der Waals surface area contributed by atoms with Crippen molar-refractivity contribution in [2.45, 2.75) is 58.4 Å². The Morgan fingerprint density at radius 1 is 1.33 bits per heavy atom. The van der Waals surface area contributed by atoms with Gasteiger partial charge >= 0.3 is 0 Å². The van der Waals surface area contributed by atoms with Crippen molar-refractivity contribution in [2.75, 3.05) is 13.6 Å². The van der Waals surface area contributed by atoms with Gasteiger partial charge in [0.15, 0.2) is 5.96 Å². The predicted molar refractivity (Wildman–Crippen MR) is 102 cm³/mol. The van der Waals surface area contributed by atoms with E-state index in [1.807, 2.05) is 18.4 Å². The summed E-state index contributed by atoms with van der Waals surface area (Å²) in [6, 6.07) is 0.409. The Morgan fingerprint density at radius 2 is 2.10 bits per heavy atom. The van der Waals surface area contributed by atoms with E-state index in [1.165, 1.54) is 41.3 Å². The lowest BCUT2D eigenvalue weighted by molar-refractivity contribution is 0.674. The van der Waals surface area contributed by atoms with Crippen LogP contribution in [0, 0.1) is 0 Å². The second-order valence-corrected chi connectivity index (χ2v) is 6.75. The third kappa shape index (κ3) is 6.10. The number of aromatic nitrogens is 1. The van der Waals surface area contributed by atoms with Crippen LogP contribution >= 0.6 is 35.3 Å². The van der Waals surface area contributed by atoms with E-state index >= 15 is 0 Å². The minimum Gasteiger partial charge on any atom is -0.356 e. The summed E-state index contributed by atoms with van der Waals surface area (Å²) in [4.78, 5) is 10.5. The number of nitrogens with zero attached hydrogens (tertiary/aromatic N) is 2. The maximum absolute atomic E-state index is 4.78. The first-order valence-corrected chi connectivity index (χ1v) is 8.45. The van der Waals surface area contributed by atoms with Crippen LogP contribution in [0.15, 0.2) is 4.99 Å². The van der Waals surface area contributed by atoms with Gasteiger partial charge in [0.05, 0.1) is 10.7 Å². The van der Waals surface area contributed by atoms with E-state index in [0.29, 0.717) is 6.04 Å². The number of thiazole rings is 1. The lowest BCUT2D eigenvalue weighted by atomic mass is 10.0. The molecule has 1 aromatic rings. The number of rotatable bonds is 5. The Balaban J connectivity index is 0.00000220.